The number of amides is 1. The van der Waals surface area contributed by atoms with Crippen LogP contribution in [0.15, 0.2) is 53.6 Å². The lowest BCUT2D eigenvalue weighted by Crippen LogP contribution is -2.29. The summed E-state index contributed by atoms with van der Waals surface area (Å²) in [5.41, 5.74) is 1.91. The molecule has 3 rings (SSSR count). The molecule has 1 heterocycles. The molecule has 0 aromatic heterocycles. The molecule has 0 unspecified atom stereocenters. The largest absolute Gasteiger partial charge is 0.494 e. The maximum absolute atomic E-state index is 12.5. The third-order valence-electron chi connectivity index (χ3n) is 4.57. The summed E-state index contributed by atoms with van der Waals surface area (Å²) < 4.78 is 11.5. The van der Waals surface area contributed by atoms with E-state index in [-0.39, 0.29) is 17.6 Å². The molecule has 0 saturated heterocycles. The number of fused-ring (bicyclic) bond motifs is 1. The summed E-state index contributed by atoms with van der Waals surface area (Å²) in [6.07, 6.45) is 3.85. The Morgan fingerprint density at radius 3 is 2.74 bits per heavy atom. The van der Waals surface area contributed by atoms with Crippen molar-refractivity contribution in [2.24, 2.45) is 5.92 Å². The molecule has 27 heavy (non-hydrogen) atoms. The maximum atomic E-state index is 12.5. The standard InChI is InChI=1S/C21H24N2O4/c1-5-14(15(24)6-2)18-20(12(3)22-21(25)13-10-11-13)27-17-9-7-8-16(26-4)19(17)23-18/h5,7-9,13,23H,3,6,10-11H2,1-2,4H3,(H,22,25)/b14-5-. The number of methoxy groups -OCH3 is 1. The van der Waals surface area contributed by atoms with Gasteiger partial charge in [0.25, 0.3) is 0 Å². The topological polar surface area (TPSA) is 76.7 Å². The number of carbonyl (C=O) groups is 2. The van der Waals surface area contributed by atoms with E-state index >= 15 is 0 Å². The van der Waals surface area contributed by atoms with E-state index in [1.165, 1.54) is 0 Å². The Morgan fingerprint density at radius 2 is 2.15 bits per heavy atom. The van der Waals surface area contributed by atoms with Crippen LogP contribution < -0.4 is 20.1 Å². The second-order valence-corrected chi connectivity index (χ2v) is 6.49. The molecule has 1 aliphatic heterocycles. The van der Waals surface area contributed by atoms with Crippen LogP contribution in [0.1, 0.15) is 33.1 Å². The van der Waals surface area contributed by atoms with Crippen LogP contribution in [0.5, 0.6) is 11.5 Å². The summed E-state index contributed by atoms with van der Waals surface area (Å²) in [4.78, 5) is 24.6. The molecule has 1 fully saturated rings. The number of nitrogens with one attached hydrogen (secondary N) is 2. The molecule has 0 radical (unpaired) electrons. The van der Waals surface area contributed by atoms with Gasteiger partial charge in [-0.3, -0.25) is 9.59 Å². The molecule has 1 saturated carbocycles. The summed E-state index contributed by atoms with van der Waals surface area (Å²) in [6.45, 7) is 7.56. The summed E-state index contributed by atoms with van der Waals surface area (Å²) >= 11 is 0. The fraction of sp³-hybridized carbons (Fsp3) is 0.333. The molecular formula is C21H24N2O4. The Balaban J connectivity index is 2.03. The van der Waals surface area contributed by atoms with Crippen LogP contribution >= 0.6 is 0 Å². The van der Waals surface area contributed by atoms with Crippen molar-refractivity contribution >= 4 is 17.4 Å². The number of rotatable bonds is 7. The van der Waals surface area contributed by atoms with Crippen molar-refractivity contribution < 1.29 is 19.1 Å². The van der Waals surface area contributed by atoms with Crippen molar-refractivity contribution in [2.75, 3.05) is 12.4 Å². The SMILES string of the molecule is C=C(NC(=O)C1CC1)C1=C(/C(=C\C)C(=O)CC)Nc2c(OC)cccc2O1. The highest BCUT2D eigenvalue weighted by molar-refractivity contribution is 6.01. The molecule has 2 aliphatic rings. The Hall–Kier alpha value is -3.02. The van der Waals surface area contributed by atoms with Crippen molar-refractivity contribution in [1.82, 2.24) is 5.32 Å². The van der Waals surface area contributed by atoms with Gasteiger partial charge >= 0.3 is 0 Å². The van der Waals surface area contributed by atoms with Gasteiger partial charge in [-0.25, -0.2) is 0 Å². The van der Waals surface area contributed by atoms with Crippen LogP contribution in [0.3, 0.4) is 0 Å². The smallest absolute Gasteiger partial charge is 0.227 e. The molecule has 6 heteroatoms. The number of ether oxygens (including phenoxy) is 2. The van der Waals surface area contributed by atoms with E-state index in [1.54, 1.807) is 45.2 Å². The third-order valence-corrected chi connectivity index (χ3v) is 4.57. The molecule has 1 aromatic rings. The van der Waals surface area contributed by atoms with Crippen molar-refractivity contribution in [1.29, 1.82) is 0 Å². The van der Waals surface area contributed by atoms with E-state index in [0.29, 0.717) is 46.3 Å². The van der Waals surface area contributed by atoms with E-state index < -0.39 is 0 Å². The molecule has 142 valence electrons. The zero-order valence-corrected chi connectivity index (χ0v) is 15.8. The lowest BCUT2D eigenvalue weighted by Gasteiger charge is -2.28. The van der Waals surface area contributed by atoms with Gasteiger partial charge in [0.1, 0.15) is 11.4 Å². The third kappa shape index (κ3) is 3.74. The summed E-state index contributed by atoms with van der Waals surface area (Å²) in [5.74, 6) is 1.38. The van der Waals surface area contributed by atoms with Crippen molar-refractivity contribution in [3.8, 4) is 11.5 Å². The highest BCUT2D eigenvalue weighted by atomic mass is 16.5. The van der Waals surface area contributed by atoms with Gasteiger partial charge < -0.3 is 20.1 Å². The number of ketones is 1. The molecule has 1 amide bonds. The number of benzene rings is 1. The van der Waals surface area contributed by atoms with Gasteiger partial charge in [0, 0.05) is 17.9 Å². The first-order chi connectivity index (χ1) is 13.0. The quantitative estimate of drug-likeness (QED) is 0.718. The Morgan fingerprint density at radius 1 is 1.41 bits per heavy atom. The van der Waals surface area contributed by atoms with Crippen LogP contribution in [-0.4, -0.2) is 18.8 Å². The number of hydrogen-bond acceptors (Lipinski definition) is 5. The lowest BCUT2D eigenvalue weighted by molar-refractivity contribution is -0.121. The van der Waals surface area contributed by atoms with Gasteiger partial charge in [-0.2, -0.15) is 0 Å². The molecule has 0 bridgehead atoms. The number of para-hydroxylation sites is 1. The van der Waals surface area contributed by atoms with Gasteiger partial charge in [0.15, 0.2) is 17.3 Å². The minimum atomic E-state index is -0.0734. The number of hydrogen-bond donors (Lipinski definition) is 2. The van der Waals surface area contributed by atoms with Gasteiger partial charge in [0.05, 0.1) is 18.5 Å². The predicted molar refractivity (Wildman–Crippen MR) is 103 cm³/mol. The van der Waals surface area contributed by atoms with Crippen LogP contribution in [0.2, 0.25) is 0 Å². The molecule has 2 N–H and O–H groups in total. The van der Waals surface area contributed by atoms with Crippen LogP contribution in [-0.2, 0) is 9.59 Å². The number of allylic oxidation sites excluding steroid dienone is 2. The van der Waals surface area contributed by atoms with Crippen LogP contribution in [0.25, 0.3) is 0 Å². The van der Waals surface area contributed by atoms with Gasteiger partial charge in [-0.15, -0.1) is 0 Å². The first-order valence-electron chi connectivity index (χ1n) is 9.06. The summed E-state index contributed by atoms with van der Waals surface area (Å²) in [7, 11) is 1.57. The van der Waals surface area contributed by atoms with E-state index in [9.17, 15) is 9.59 Å². The van der Waals surface area contributed by atoms with Gasteiger partial charge in [-0.1, -0.05) is 25.6 Å². The number of Topliss-reactive ketones (excluding diaryl/α,β-unsaturated/α-hetero) is 1. The minimum Gasteiger partial charge on any atom is -0.494 e. The molecule has 1 aliphatic carbocycles. The zero-order valence-electron chi connectivity index (χ0n) is 15.8. The van der Waals surface area contributed by atoms with Crippen molar-refractivity contribution in [3.63, 3.8) is 0 Å². The Kier molecular flexibility index (Phi) is 5.35. The minimum absolute atomic E-state index is 0.0354. The highest BCUT2D eigenvalue weighted by Gasteiger charge is 2.33. The lowest BCUT2D eigenvalue weighted by atomic mass is 10.0. The van der Waals surface area contributed by atoms with Crippen LogP contribution in [0, 0.1) is 5.92 Å². The van der Waals surface area contributed by atoms with Gasteiger partial charge in [0.2, 0.25) is 5.91 Å². The molecule has 1 aromatic carbocycles. The number of anilines is 1. The van der Waals surface area contributed by atoms with Crippen molar-refractivity contribution in [2.45, 2.75) is 33.1 Å². The fourth-order valence-corrected chi connectivity index (χ4v) is 2.92. The van der Waals surface area contributed by atoms with Gasteiger partial charge in [-0.05, 0) is 31.9 Å². The van der Waals surface area contributed by atoms with E-state index in [1.807, 2.05) is 0 Å². The van der Waals surface area contributed by atoms with E-state index in [4.69, 9.17) is 9.47 Å². The van der Waals surface area contributed by atoms with E-state index in [0.717, 1.165) is 12.8 Å². The molecule has 0 atom stereocenters. The molecular weight excluding hydrogens is 344 g/mol. The van der Waals surface area contributed by atoms with E-state index in [2.05, 4.69) is 17.2 Å². The normalized spacial score (nSPS) is 16.0. The zero-order chi connectivity index (χ0) is 19.6. The summed E-state index contributed by atoms with van der Waals surface area (Å²) in [6, 6.07) is 5.40. The first kappa shape index (κ1) is 18.8. The van der Waals surface area contributed by atoms with Crippen LogP contribution in [0.4, 0.5) is 5.69 Å². The average molecular weight is 368 g/mol. The predicted octanol–water partition coefficient (Wildman–Crippen LogP) is 3.68. The average Bonchev–Trinajstić information content (AvgIpc) is 3.52. The summed E-state index contributed by atoms with van der Waals surface area (Å²) in [5, 5.41) is 6.07. The first-order valence-corrected chi connectivity index (χ1v) is 9.06. The second kappa shape index (κ2) is 7.70. The second-order valence-electron chi connectivity index (χ2n) is 6.49. The Bertz CT molecular complexity index is 863. The molecule has 0 spiro atoms. The maximum Gasteiger partial charge on any atom is 0.227 e. The highest BCUT2D eigenvalue weighted by Crippen LogP contribution is 2.42. The van der Waals surface area contributed by atoms with Crippen molar-refractivity contribution in [3.05, 3.63) is 53.6 Å². The number of carbonyl (C=O) groups excluding carboxylic acids is 2. The fourth-order valence-electron chi connectivity index (χ4n) is 2.92. The molecule has 6 nitrogen and oxygen atoms in total. The monoisotopic (exact) mass is 368 g/mol. The Labute approximate surface area is 158 Å².